The van der Waals surface area contributed by atoms with Gasteiger partial charge in [0.15, 0.2) is 6.10 Å². The zero-order valence-corrected chi connectivity index (χ0v) is 11.7. The van der Waals surface area contributed by atoms with Crippen molar-refractivity contribution < 1.29 is 32.6 Å². The molecule has 0 heterocycles. The van der Waals surface area contributed by atoms with Crippen molar-refractivity contribution in [3.05, 3.63) is 0 Å². The van der Waals surface area contributed by atoms with Gasteiger partial charge in [0, 0.05) is 7.05 Å². The van der Waals surface area contributed by atoms with Crippen molar-refractivity contribution in [1.82, 2.24) is 10.6 Å². The normalized spacial score (nSPS) is 15.2. The van der Waals surface area contributed by atoms with E-state index in [2.05, 4.69) is 0 Å². The van der Waals surface area contributed by atoms with Gasteiger partial charge in [-0.05, 0) is 20.8 Å². The van der Waals surface area contributed by atoms with Crippen LogP contribution in [-0.4, -0.2) is 48.1 Å². The number of amides is 2. The molecule has 9 heteroatoms. The predicted molar refractivity (Wildman–Crippen MR) is 63.9 cm³/mol. The summed E-state index contributed by atoms with van der Waals surface area (Å²) >= 11 is 0. The number of alkyl halides is 3. The van der Waals surface area contributed by atoms with Gasteiger partial charge < -0.3 is 20.5 Å². The van der Waals surface area contributed by atoms with E-state index >= 15 is 0 Å². The summed E-state index contributed by atoms with van der Waals surface area (Å²) in [6, 6.07) is -1.83. The van der Waals surface area contributed by atoms with Crippen molar-refractivity contribution in [2.45, 2.75) is 51.1 Å². The summed E-state index contributed by atoms with van der Waals surface area (Å²) < 4.78 is 41.9. The Kier molecular flexibility index (Phi) is 6.27. The lowest BCUT2D eigenvalue weighted by Crippen LogP contribution is -2.52. The van der Waals surface area contributed by atoms with E-state index in [9.17, 15) is 27.9 Å². The number of nitrogens with one attached hydrogen (secondary N) is 2. The Balaban J connectivity index is 4.86. The smallest absolute Gasteiger partial charge is 0.407 e. The Morgan fingerprint density at radius 3 is 2.10 bits per heavy atom. The summed E-state index contributed by atoms with van der Waals surface area (Å²) in [6.07, 6.45) is -9.39. The lowest BCUT2D eigenvalue weighted by atomic mass is 10.1. The number of ether oxygens (including phenoxy) is 1. The Bertz CT molecular complexity index is 353. The molecule has 6 nitrogen and oxygen atoms in total. The van der Waals surface area contributed by atoms with Crippen LogP contribution in [0.3, 0.4) is 0 Å². The Morgan fingerprint density at radius 1 is 1.25 bits per heavy atom. The average molecular weight is 300 g/mol. The Labute approximate surface area is 114 Å². The summed E-state index contributed by atoms with van der Waals surface area (Å²) in [5, 5.41) is 13.4. The number of hydrogen-bond donors (Lipinski definition) is 3. The van der Waals surface area contributed by atoms with Gasteiger partial charge in [-0.3, -0.25) is 4.79 Å². The zero-order chi connectivity index (χ0) is 16.1. The monoisotopic (exact) mass is 300 g/mol. The highest BCUT2D eigenvalue weighted by atomic mass is 19.4. The van der Waals surface area contributed by atoms with Crippen LogP contribution in [0, 0.1) is 0 Å². The molecule has 0 aromatic carbocycles. The number of aliphatic hydroxyl groups excluding tert-OH is 1. The zero-order valence-electron chi connectivity index (χ0n) is 11.7. The standard InChI is InChI=1S/C11H19F3N2O4/c1-10(2,3)20-9(19)16-6(5-11(12,13)14)7(17)8(18)15-4/h6-7,17H,5H2,1-4H3,(H,15,18)(H,16,19). The molecule has 2 unspecified atom stereocenters. The second-order valence-electron chi connectivity index (χ2n) is 5.13. The third-order valence-electron chi connectivity index (χ3n) is 2.05. The molecule has 0 saturated carbocycles. The molecule has 0 radical (unpaired) electrons. The first-order valence-electron chi connectivity index (χ1n) is 5.81. The van der Waals surface area contributed by atoms with Crippen LogP contribution >= 0.6 is 0 Å². The summed E-state index contributed by atoms with van der Waals surface area (Å²) in [5.74, 6) is -1.03. The first kappa shape index (κ1) is 18.5. The van der Waals surface area contributed by atoms with Crippen LogP contribution in [0.25, 0.3) is 0 Å². The minimum atomic E-state index is -4.66. The lowest BCUT2D eigenvalue weighted by molar-refractivity contribution is -0.150. The van der Waals surface area contributed by atoms with Gasteiger partial charge in [0.2, 0.25) is 0 Å². The van der Waals surface area contributed by atoms with E-state index in [1.54, 1.807) is 0 Å². The number of hydrogen-bond acceptors (Lipinski definition) is 4. The van der Waals surface area contributed by atoms with Crippen molar-refractivity contribution in [3.63, 3.8) is 0 Å². The molecule has 0 aromatic heterocycles. The van der Waals surface area contributed by atoms with E-state index in [4.69, 9.17) is 4.74 Å². The first-order valence-corrected chi connectivity index (χ1v) is 5.81. The minimum Gasteiger partial charge on any atom is -0.444 e. The average Bonchev–Trinajstić information content (AvgIpc) is 2.21. The van der Waals surface area contributed by atoms with Crippen LogP contribution in [0.4, 0.5) is 18.0 Å². The number of likely N-dealkylation sites (N-methyl/N-ethyl adjacent to an activating group) is 1. The number of alkyl carbamates (subject to hydrolysis) is 1. The molecule has 0 spiro atoms. The third-order valence-corrected chi connectivity index (χ3v) is 2.05. The molecule has 20 heavy (non-hydrogen) atoms. The van der Waals surface area contributed by atoms with Gasteiger partial charge >= 0.3 is 12.3 Å². The summed E-state index contributed by atoms with van der Waals surface area (Å²) in [6.45, 7) is 4.58. The van der Waals surface area contributed by atoms with Crippen LogP contribution in [0.2, 0.25) is 0 Å². The molecule has 0 saturated heterocycles. The Morgan fingerprint density at radius 2 is 1.75 bits per heavy atom. The number of aliphatic hydroxyl groups is 1. The van der Waals surface area contributed by atoms with Crippen molar-refractivity contribution >= 4 is 12.0 Å². The van der Waals surface area contributed by atoms with Crippen LogP contribution in [0.15, 0.2) is 0 Å². The van der Waals surface area contributed by atoms with Crippen molar-refractivity contribution in [1.29, 1.82) is 0 Å². The third kappa shape index (κ3) is 7.82. The number of carbonyl (C=O) groups excluding carboxylic acids is 2. The second-order valence-corrected chi connectivity index (χ2v) is 5.13. The molecule has 2 amide bonds. The van der Waals surface area contributed by atoms with Gasteiger partial charge in [-0.25, -0.2) is 4.79 Å². The SMILES string of the molecule is CNC(=O)C(O)C(CC(F)(F)F)NC(=O)OC(C)(C)C. The number of halogens is 3. The number of carbonyl (C=O) groups is 2. The van der Waals surface area contributed by atoms with E-state index in [1.165, 1.54) is 20.8 Å². The first-order chi connectivity index (χ1) is 8.85. The molecule has 0 rings (SSSR count). The molecule has 3 N–H and O–H groups in total. The molecule has 0 bridgehead atoms. The molecule has 0 aliphatic heterocycles. The van der Waals surface area contributed by atoms with E-state index in [0.29, 0.717) is 0 Å². The van der Waals surface area contributed by atoms with E-state index < -0.39 is 42.3 Å². The van der Waals surface area contributed by atoms with E-state index in [-0.39, 0.29) is 0 Å². The van der Waals surface area contributed by atoms with Crippen molar-refractivity contribution in [3.8, 4) is 0 Å². The topological polar surface area (TPSA) is 87.7 Å². The molecular weight excluding hydrogens is 281 g/mol. The molecule has 0 aromatic rings. The van der Waals surface area contributed by atoms with Gasteiger partial charge in [-0.2, -0.15) is 13.2 Å². The predicted octanol–water partition coefficient (Wildman–Crippen LogP) is 0.939. The molecule has 118 valence electrons. The van der Waals surface area contributed by atoms with Crippen LogP contribution in [0.5, 0.6) is 0 Å². The van der Waals surface area contributed by atoms with Gasteiger partial charge in [-0.15, -0.1) is 0 Å². The molecule has 0 aliphatic carbocycles. The highest BCUT2D eigenvalue weighted by molar-refractivity contribution is 5.81. The number of rotatable bonds is 4. The Hall–Kier alpha value is -1.51. The fraction of sp³-hybridized carbons (Fsp3) is 0.818. The maximum atomic E-state index is 12.4. The molecule has 0 fully saturated rings. The van der Waals surface area contributed by atoms with E-state index in [1.807, 2.05) is 10.6 Å². The summed E-state index contributed by atoms with van der Waals surface area (Å²) in [7, 11) is 1.16. The van der Waals surface area contributed by atoms with Crippen LogP contribution < -0.4 is 10.6 Å². The fourth-order valence-corrected chi connectivity index (χ4v) is 1.28. The minimum absolute atomic E-state index is 0.912. The summed E-state index contributed by atoms with van der Waals surface area (Å²) in [5.41, 5.74) is -0.912. The van der Waals surface area contributed by atoms with Gasteiger partial charge in [-0.1, -0.05) is 0 Å². The fourth-order valence-electron chi connectivity index (χ4n) is 1.28. The van der Waals surface area contributed by atoms with Crippen molar-refractivity contribution in [2.24, 2.45) is 0 Å². The highest BCUT2D eigenvalue weighted by Crippen LogP contribution is 2.23. The molecule has 0 aliphatic rings. The van der Waals surface area contributed by atoms with Gasteiger partial charge in [0.1, 0.15) is 5.60 Å². The highest BCUT2D eigenvalue weighted by Gasteiger charge is 2.39. The van der Waals surface area contributed by atoms with E-state index in [0.717, 1.165) is 7.05 Å². The lowest BCUT2D eigenvalue weighted by Gasteiger charge is -2.26. The molecule has 2 atom stereocenters. The van der Waals surface area contributed by atoms with Crippen LogP contribution in [-0.2, 0) is 9.53 Å². The second kappa shape index (κ2) is 6.78. The quantitative estimate of drug-likeness (QED) is 0.721. The van der Waals surface area contributed by atoms with Gasteiger partial charge in [0.25, 0.3) is 5.91 Å². The van der Waals surface area contributed by atoms with Crippen LogP contribution in [0.1, 0.15) is 27.2 Å². The maximum Gasteiger partial charge on any atom is 0.407 e. The van der Waals surface area contributed by atoms with Crippen molar-refractivity contribution in [2.75, 3.05) is 7.05 Å². The summed E-state index contributed by atoms with van der Waals surface area (Å²) in [4.78, 5) is 22.6. The van der Waals surface area contributed by atoms with Gasteiger partial charge in [0.05, 0.1) is 12.5 Å². The maximum absolute atomic E-state index is 12.4. The largest absolute Gasteiger partial charge is 0.444 e. The molecular formula is C11H19F3N2O4.